The van der Waals surface area contributed by atoms with Gasteiger partial charge in [-0.25, -0.2) is 0 Å². The van der Waals surface area contributed by atoms with Gasteiger partial charge in [0.25, 0.3) is 5.91 Å². The highest BCUT2D eigenvalue weighted by molar-refractivity contribution is 9.11. The van der Waals surface area contributed by atoms with E-state index in [0.29, 0.717) is 26.6 Å². The van der Waals surface area contributed by atoms with Crippen molar-refractivity contribution in [3.63, 3.8) is 0 Å². The van der Waals surface area contributed by atoms with Crippen LogP contribution in [0.4, 0.5) is 0 Å². The molecule has 0 radical (unpaired) electrons. The lowest BCUT2D eigenvalue weighted by Gasteiger charge is -2.29. The SMILES string of the molecule is O=C1/C(=C/c2cc(Br)c(OCc3ccccc3Cl)c(Br)c2)SC(=S)N1C1CCCCC1. The molecule has 0 aromatic heterocycles. The number of thiocarbonyl (C=S) groups is 1. The molecule has 2 aromatic rings. The molecule has 1 heterocycles. The minimum absolute atomic E-state index is 0.0215. The van der Waals surface area contributed by atoms with Crippen LogP contribution >= 0.6 is 67.4 Å². The van der Waals surface area contributed by atoms with Crippen molar-refractivity contribution in [1.82, 2.24) is 4.90 Å². The lowest BCUT2D eigenvalue weighted by atomic mass is 9.94. The second kappa shape index (κ2) is 10.4. The van der Waals surface area contributed by atoms with E-state index in [4.69, 9.17) is 28.6 Å². The Balaban J connectivity index is 1.51. The number of thioether (sulfide) groups is 1. The van der Waals surface area contributed by atoms with Crippen molar-refractivity contribution in [1.29, 1.82) is 0 Å². The number of carbonyl (C=O) groups excluding carboxylic acids is 1. The third-order valence-corrected chi connectivity index (χ3v) is 8.29. The summed E-state index contributed by atoms with van der Waals surface area (Å²) in [5.74, 6) is 0.708. The van der Waals surface area contributed by atoms with Crippen LogP contribution in [0.3, 0.4) is 0 Å². The van der Waals surface area contributed by atoms with Crippen LogP contribution in [0.15, 0.2) is 50.2 Å². The normalized spacial score (nSPS) is 18.8. The number of nitrogens with zero attached hydrogens (tertiary/aromatic N) is 1. The number of carbonyl (C=O) groups is 1. The van der Waals surface area contributed by atoms with Crippen LogP contribution in [0, 0.1) is 0 Å². The highest BCUT2D eigenvalue weighted by Gasteiger charge is 2.37. The van der Waals surface area contributed by atoms with Gasteiger partial charge >= 0.3 is 0 Å². The predicted molar refractivity (Wildman–Crippen MR) is 140 cm³/mol. The van der Waals surface area contributed by atoms with Crippen LogP contribution in [-0.4, -0.2) is 21.2 Å². The Labute approximate surface area is 213 Å². The lowest BCUT2D eigenvalue weighted by molar-refractivity contribution is -0.124. The molecule has 0 N–H and O–H groups in total. The Bertz CT molecular complexity index is 1030. The first-order chi connectivity index (χ1) is 14.9. The zero-order chi connectivity index (χ0) is 22.0. The predicted octanol–water partition coefficient (Wildman–Crippen LogP) is 7.98. The molecule has 2 aromatic carbocycles. The summed E-state index contributed by atoms with van der Waals surface area (Å²) in [5.41, 5.74) is 1.81. The number of rotatable bonds is 5. The molecule has 31 heavy (non-hydrogen) atoms. The van der Waals surface area contributed by atoms with Crippen LogP contribution in [0.25, 0.3) is 6.08 Å². The quantitative estimate of drug-likeness (QED) is 0.257. The largest absolute Gasteiger partial charge is 0.486 e. The molecule has 1 amide bonds. The van der Waals surface area contributed by atoms with Crippen molar-refractivity contribution in [2.75, 3.05) is 0 Å². The van der Waals surface area contributed by atoms with Crippen LogP contribution in [-0.2, 0) is 11.4 Å². The van der Waals surface area contributed by atoms with E-state index in [1.54, 1.807) is 0 Å². The maximum absolute atomic E-state index is 13.0. The molecule has 1 saturated carbocycles. The molecule has 1 saturated heterocycles. The molecule has 1 aliphatic carbocycles. The van der Waals surface area contributed by atoms with E-state index in [2.05, 4.69) is 31.9 Å². The average Bonchev–Trinajstić information content (AvgIpc) is 3.02. The van der Waals surface area contributed by atoms with Crippen molar-refractivity contribution < 1.29 is 9.53 Å². The van der Waals surface area contributed by atoms with Gasteiger partial charge in [-0.1, -0.05) is 73.0 Å². The molecule has 0 unspecified atom stereocenters. The molecule has 1 aliphatic heterocycles. The fourth-order valence-corrected chi connectivity index (χ4v) is 6.89. The van der Waals surface area contributed by atoms with E-state index in [-0.39, 0.29) is 11.9 Å². The molecule has 4 rings (SSSR count). The van der Waals surface area contributed by atoms with Gasteiger partial charge in [0.2, 0.25) is 0 Å². The van der Waals surface area contributed by atoms with Gasteiger partial charge < -0.3 is 4.74 Å². The third-order valence-electron chi connectivity index (χ3n) is 5.41. The maximum atomic E-state index is 13.0. The van der Waals surface area contributed by atoms with Crippen molar-refractivity contribution in [2.24, 2.45) is 0 Å². The first-order valence-electron chi connectivity index (χ1n) is 10.1. The Kier molecular flexibility index (Phi) is 7.81. The number of ether oxygens (including phenoxy) is 1. The van der Waals surface area contributed by atoms with E-state index in [0.717, 1.165) is 45.8 Å². The van der Waals surface area contributed by atoms with Crippen LogP contribution in [0.2, 0.25) is 5.02 Å². The Morgan fingerprint density at radius 2 is 1.84 bits per heavy atom. The number of hydrogen-bond donors (Lipinski definition) is 0. The molecule has 2 fully saturated rings. The zero-order valence-corrected chi connectivity index (χ0v) is 22.1. The molecule has 0 atom stereocenters. The van der Waals surface area contributed by atoms with Gasteiger partial charge in [0.15, 0.2) is 0 Å². The topological polar surface area (TPSA) is 29.5 Å². The highest BCUT2D eigenvalue weighted by Crippen LogP contribution is 2.40. The zero-order valence-electron chi connectivity index (χ0n) is 16.6. The number of amides is 1. The number of halogens is 3. The Morgan fingerprint density at radius 1 is 1.16 bits per heavy atom. The van der Waals surface area contributed by atoms with E-state index in [9.17, 15) is 4.79 Å². The standard InChI is InChI=1S/C23H20Br2ClNO2S2/c24-17-10-14(11-18(25)21(17)29-13-15-6-4-5-9-19(15)26)12-20-22(28)27(23(30)31-20)16-7-2-1-3-8-16/h4-6,9-12,16H,1-3,7-8,13H2/b20-12-. The number of hydrogen-bond acceptors (Lipinski definition) is 4. The molecule has 2 aliphatic rings. The minimum atomic E-state index is 0.0215. The molecule has 8 heteroatoms. The van der Waals surface area contributed by atoms with Crippen molar-refractivity contribution in [3.05, 3.63) is 66.4 Å². The van der Waals surface area contributed by atoms with Crippen LogP contribution in [0.5, 0.6) is 5.75 Å². The lowest BCUT2D eigenvalue weighted by Crippen LogP contribution is -2.39. The first-order valence-corrected chi connectivity index (χ1v) is 13.2. The summed E-state index contributed by atoms with van der Waals surface area (Å²) in [7, 11) is 0. The molecule has 0 spiro atoms. The van der Waals surface area contributed by atoms with E-state index >= 15 is 0 Å². The van der Waals surface area contributed by atoms with Gasteiger partial charge in [-0.05, 0) is 74.5 Å². The van der Waals surface area contributed by atoms with Gasteiger partial charge in [-0.2, -0.15) is 0 Å². The highest BCUT2D eigenvalue weighted by atomic mass is 79.9. The summed E-state index contributed by atoms with van der Waals surface area (Å²) in [4.78, 5) is 15.5. The third kappa shape index (κ3) is 5.38. The second-order valence-electron chi connectivity index (χ2n) is 7.54. The van der Waals surface area contributed by atoms with Gasteiger partial charge in [0.1, 0.15) is 16.7 Å². The van der Waals surface area contributed by atoms with E-state index < -0.39 is 0 Å². The van der Waals surface area contributed by atoms with Gasteiger partial charge in [-0.3, -0.25) is 9.69 Å². The molecular weight excluding hydrogens is 582 g/mol. The molecule has 162 valence electrons. The molecular formula is C23H20Br2ClNO2S2. The van der Waals surface area contributed by atoms with Gasteiger partial charge in [-0.15, -0.1) is 0 Å². The summed E-state index contributed by atoms with van der Waals surface area (Å²) in [6, 6.07) is 11.7. The number of benzene rings is 2. The Morgan fingerprint density at radius 3 is 2.52 bits per heavy atom. The van der Waals surface area contributed by atoms with E-state index in [1.165, 1.54) is 18.2 Å². The summed E-state index contributed by atoms with van der Waals surface area (Å²) in [6.45, 7) is 0.357. The van der Waals surface area contributed by atoms with Gasteiger partial charge in [0.05, 0.1) is 13.9 Å². The monoisotopic (exact) mass is 599 g/mol. The summed E-state index contributed by atoms with van der Waals surface area (Å²) < 4.78 is 8.25. The summed E-state index contributed by atoms with van der Waals surface area (Å²) >= 11 is 20.3. The maximum Gasteiger partial charge on any atom is 0.266 e. The van der Waals surface area contributed by atoms with Crippen LogP contribution < -0.4 is 4.74 Å². The van der Waals surface area contributed by atoms with E-state index in [1.807, 2.05) is 47.4 Å². The second-order valence-corrected chi connectivity index (χ2v) is 11.3. The first kappa shape index (κ1) is 23.3. The fourth-order valence-electron chi connectivity index (χ4n) is 3.85. The molecule has 3 nitrogen and oxygen atoms in total. The molecule has 0 bridgehead atoms. The Hall–Kier alpha value is -0.860. The summed E-state index contributed by atoms with van der Waals surface area (Å²) in [5, 5.41) is 0.673. The van der Waals surface area contributed by atoms with Crippen molar-refractivity contribution >= 4 is 83.7 Å². The summed E-state index contributed by atoms with van der Waals surface area (Å²) in [6.07, 6.45) is 7.54. The fraction of sp³-hybridized carbons (Fsp3) is 0.304. The minimum Gasteiger partial charge on any atom is -0.486 e. The van der Waals surface area contributed by atoms with Crippen molar-refractivity contribution in [3.8, 4) is 5.75 Å². The van der Waals surface area contributed by atoms with Crippen molar-refractivity contribution in [2.45, 2.75) is 44.8 Å². The average molecular weight is 602 g/mol. The smallest absolute Gasteiger partial charge is 0.266 e. The van der Waals surface area contributed by atoms with Gasteiger partial charge in [0, 0.05) is 16.6 Å². The van der Waals surface area contributed by atoms with Crippen LogP contribution in [0.1, 0.15) is 43.2 Å².